The summed E-state index contributed by atoms with van der Waals surface area (Å²) in [7, 11) is 0. The molecule has 0 spiro atoms. The number of aromatic hydroxyl groups is 1. The fourth-order valence-electron chi connectivity index (χ4n) is 4.24. The summed E-state index contributed by atoms with van der Waals surface area (Å²) < 4.78 is 61.8. The quantitative estimate of drug-likeness (QED) is 0.150. The molecule has 2 aromatic carbocycles. The molecule has 0 amide bonds. The van der Waals surface area contributed by atoms with Gasteiger partial charge in [0.05, 0.1) is 24.5 Å². The molecule has 210 valence electrons. The van der Waals surface area contributed by atoms with Gasteiger partial charge in [-0.05, 0) is 29.7 Å². The van der Waals surface area contributed by atoms with Crippen LogP contribution in [0.25, 0.3) is 17.1 Å². The zero-order chi connectivity index (χ0) is 28.5. The molecule has 1 aliphatic rings. The molecule has 1 unspecified atom stereocenters. The predicted octanol–water partition coefficient (Wildman–Crippen LogP) is 3.81. The summed E-state index contributed by atoms with van der Waals surface area (Å²) in [6, 6.07) is 9.19. The van der Waals surface area contributed by atoms with Crippen molar-refractivity contribution < 1.29 is 41.7 Å². The standard InChI is InChI=1S/C25H27F3N4O6S/c1-15(2)18-12-19(20(33)13-21(18)38-23(34)25(26,27)28)22-29-30-24(39(3)36)31(22)17-6-4-16(5-7-17)14-32(35)8-10-37-11-9-32/h4-7,12-13,15,33H,8-11,14H2,1-3H3. The topological polar surface area (TPSA) is 133 Å². The molecule has 10 nitrogen and oxygen atoms in total. The van der Waals surface area contributed by atoms with Gasteiger partial charge in [0.15, 0.2) is 5.82 Å². The first-order valence-corrected chi connectivity index (χ1v) is 13.5. The summed E-state index contributed by atoms with van der Waals surface area (Å²) in [5.41, 5.74) is 1.56. The van der Waals surface area contributed by atoms with E-state index < -0.39 is 45.4 Å². The number of alkyl halides is 3. The van der Waals surface area contributed by atoms with E-state index >= 15 is 0 Å². The number of morpholine rings is 1. The van der Waals surface area contributed by atoms with Crippen LogP contribution in [-0.2, 0) is 27.3 Å². The Hall–Kier alpha value is -3.17. The fourth-order valence-corrected chi connectivity index (χ4v) is 4.85. The first-order chi connectivity index (χ1) is 18.3. The Bertz CT molecular complexity index is 1340. The lowest BCUT2D eigenvalue weighted by Crippen LogP contribution is -2.49. The van der Waals surface area contributed by atoms with E-state index in [4.69, 9.17) is 4.74 Å². The van der Waals surface area contributed by atoms with Crippen LogP contribution in [0.15, 0.2) is 41.6 Å². The molecule has 0 saturated carbocycles. The minimum absolute atomic E-state index is 0.0660. The maximum Gasteiger partial charge on any atom is 0.491 e. The van der Waals surface area contributed by atoms with Gasteiger partial charge in [0.25, 0.3) is 0 Å². The smallest absolute Gasteiger partial charge is 0.491 e. The van der Waals surface area contributed by atoms with Gasteiger partial charge in [-0.3, -0.25) is 0 Å². The first-order valence-electron chi connectivity index (χ1n) is 12.0. The maximum absolute atomic E-state index is 12.9. The van der Waals surface area contributed by atoms with Crippen LogP contribution >= 0.6 is 0 Å². The van der Waals surface area contributed by atoms with Crippen LogP contribution in [0.5, 0.6) is 11.5 Å². The Morgan fingerprint density at radius 1 is 1.21 bits per heavy atom. The number of esters is 1. The van der Waals surface area contributed by atoms with Crippen LogP contribution in [0.3, 0.4) is 0 Å². The van der Waals surface area contributed by atoms with E-state index in [1.54, 1.807) is 38.1 Å². The third-order valence-electron chi connectivity index (χ3n) is 6.27. The lowest BCUT2D eigenvalue weighted by atomic mass is 9.98. The Labute approximate surface area is 225 Å². The number of nitrogens with zero attached hydrogens (tertiary/aromatic N) is 4. The van der Waals surface area contributed by atoms with Gasteiger partial charge < -0.3 is 29.0 Å². The van der Waals surface area contributed by atoms with Crippen LogP contribution in [0.1, 0.15) is 30.9 Å². The van der Waals surface area contributed by atoms with Gasteiger partial charge in [0, 0.05) is 22.8 Å². The maximum atomic E-state index is 12.9. The van der Waals surface area contributed by atoms with E-state index in [0.717, 1.165) is 11.6 Å². The van der Waals surface area contributed by atoms with Crippen LogP contribution in [-0.4, -0.2) is 73.8 Å². The van der Waals surface area contributed by atoms with Crippen molar-refractivity contribution in [2.75, 3.05) is 32.6 Å². The van der Waals surface area contributed by atoms with E-state index in [1.165, 1.54) is 16.9 Å². The number of quaternary nitrogens is 1. The molecule has 1 aromatic heterocycles. The molecule has 1 fully saturated rings. The molecule has 1 atom stereocenters. The van der Waals surface area contributed by atoms with Gasteiger partial charge in [-0.25, -0.2) is 9.36 Å². The SMILES string of the molecule is CC(C)c1cc(-c2nnc([S+](C)[O-])n2-c2ccc(C[N+]3([O-])CCOCC3)cc2)c(O)cc1OC(=O)C(F)(F)F. The summed E-state index contributed by atoms with van der Waals surface area (Å²) in [6.45, 7) is 5.10. The summed E-state index contributed by atoms with van der Waals surface area (Å²) in [4.78, 5) is 11.4. The number of benzene rings is 2. The minimum atomic E-state index is -5.22. The summed E-state index contributed by atoms with van der Waals surface area (Å²) >= 11 is -1.61. The molecular weight excluding hydrogens is 541 g/mol. The number of aromatic nitrogens is 3. The van der Waals surface area contributed by atoms with Gasteiger partial charge in [0.2, 0.25) is 0 Å². The molecular formula is C25H27F3N4O6S. The highest BCUT2D eigenvalue weighted by Gasteiger charge is 2.42. The van der Waals surface area contributed by atoms with Gasteiger partial charge in [-0.2, -0.15) is 13.2 Å². The minimum Gasteiger partial charge on any atom is -0.632 e. The third-order valence-corrected chi connectivity index (χ3v) is 7.05. The predicted molar refractivity (Wildman–Crippen MR) is 134 cm³/mol. The van der Waals surface area contributed by atoms with E-state index in [0.29, 0.717) is 32.0 Å². The zero-order valence-electron chi connectivity index (χ0n) is 21.4. The number of hydrogen-bond acceptors (Lipinski definition) is 8. The number of phenols is 1. The molecule has 4 rings (SSSR count). The lowest BCUT2D eigenvalue weighted by molar-refractivity contribution is -0.901. The molecule has 0 radical (unpaired) electrons. The van der Waals surface area contributed by atoms with Crippen molar-refractivity contribution in [3.63, 3.8) is 0 Å². The number of phenolic OH excluding ortho intramolecular Hbond substituents is 1. The highest BCUT2D eigenvalue weighted by molar-refractivity contribution is 7.90. The van der Waals surface area contributed by atoms with Gasteiger partial charge in [0.1, 0.15) is 37.4 Å². The van der Waals surface area contributed by atoms with Crippen molar-refractivity contribution in [1.82, 2.24) is 14.8 Å². The molecule has 1 saturated heterocycles. The van der Waals surface area contributed by atoms with Crippen LogP contribution in [0.4, 0.5) is 13.2 Å². The van der Waals surface area contributed by atoms with E-state index in [2.05, 4.69) is 14.9 Å². The molecule has 1 aliphatic heterocycles. The van der Waals surface area contributed by atoms with Gasteiger partial charge >= 0.3 is 17.3 Å². The second kappa shape index (κ2) is 11.1. The van der Waals surface area contributed by atoms with Crippen LogP contribution < -0.4 is 4.74 Å². The molecule has 0 bridgehead atoms. The third kappa shape index (κ3) is 6.36. The number of halogens is 3. The second-order valence-corrected chi connectivity index (χ2v) is 10.8. The molecule has 1 N–H and O–H groups in total. The monoisotopic (exact) mass is 568 g/mol. The van der Waals surface area contributed by atoms with Crippen LogP contribution in [0, 0.1) is 5.21 Å². The summed E-state index contributed by atoms with van der Waals surface area (Å²) in [6.07, 6.45) is -3.81. The lowest BCUT2D eigenvalue weighted by Gasteiger charge is -2.45. The summed E-state index contributed by atoms with van der Waals surface area (Å²) in [5, 5.41) is 31.9. The van der Waals surface area contributed by atoms with E-state index in [1.807, 2.05) is 0 Å². The van der Waals surface area contributed by atoms with Crippen molar-refractivity contribution in [3.8, 4) is 28.6 Å². The van der Waals surface area contributed by atoms with Crippen molar-refractivity contribution in [3.05, 3.63) is 52.7 Å². The van der Waals surface area contributed by atoms with Crippen molar-refractivity contribution in [1.29, 1.82) is 0 Å². The van der Waals surface area contributed by atoms with Crippen molar-refractivity contribution in [2.45, 2.75) is 37.6 Å². The fraction of sp³-hybridized carbons (Fsp3) is 0.400. The largest absolute Gasteiger partial charge is 0.632 e. The molecule has 14 heteroatoms. The Morgan fingerprint density at radius 3 is 2.41 bits per heavy atom. The van der Waals surface area contributed by atoms with Crippen molar-refractivity contribution >= 4 is 17.1 Å². The van der Waals surface area contributed by atoms with E-state index in [9.17, 15) is 32.8 Å². The first kappa shape index (κ1) is 28.8. The average Bonchev–Trinajstić information content (AvgIpc) is 3.29. The Balaban J connectivity index is 1.74. The number of hydrogen-bond donors (Lipinski definition) is 1. The van der Waals surface area contributed by atoms with Crippen LogP contribution in [0.2, 0.25) is 0 Å². The van der Waals surface area contributed by atoms with E-state index in [-0.39, 0.29) is 28.7 Å². The zero-order valence-corrected chi connectivity index (χ0v) is 22.2. The average molecular weight is 569 g/mol. The number of carbonyl (C=O) groups is 1. The Kier molecular flexibility index (Phi) is 8.23. The highest BCUT2D eigenvalue weighted by Crippen LogP contribution is 2.40. The molecule has 0 aliphatic carbocycles. The van der Waals surface area contributed by atoms with Gasteiger partial charge in [-0.1, -0.05) is 31.1 Å². The highest BCUT2D eigenvalue weighted by atomic mass is 32.2. The number of hydroxylamine groups is 3. The van der Waals surface area contributed by atoms with Crippen molar-refractivity contribution in [2.24, 2.45) is 0 Å². The van der Waals surface area contributed by atoms with Gasteiger partial charge in [-0.15, -0.1) is 5.10 Å². The number of carbonyl (C=O) groups excluding carboxylic acids is 1. The molecule has 3 aromatic rings. The number of ether oxygens (including phenoxy) is 2. The molecule has 2 heterocycles. The normalized spacial score (nSPS) is 16.3. The number of rotatable bonds is 7. The molecule has 39 heavy (non-hydrogen) atoms. The summed E-state index contributed by atoms with van der Waals surface area (Å²) in [5.74, 6) is -3.71. The Morgan fingerprint density at radius 2 is 1.85 bits per heavy atom. The second-order valence-electron chi connectivity index (χ2n) is 9.49.